The molecule has 0 aliphatic carbocycles. The molecule has 2 N–H and O–H groups in total. The van der Waals surface area contributed by atoms with E-state index in [4.69, 9.17) is 0 Å². The lowest BCUT2D eigenvalue weighted by Gasteiger charge is -2.29. The van der Waals surface area contributed by atoms with Crippen molar-refractivity contribution in [3.8, 4) is 0 Å². The van der Waals surface area contributed by atoms with E-state index in [0.717, 1.165) is 25.0 Å². The Bertz CT molecular complexity index is 440. The Morgan fingerprint density at radius 1 is 1.05 bits per heavy atom. The van der Waals surface area contributed by atoms with Crippen LogP contribution in [-0.4, -0.2) is 17.1 Å². The number of nitrogens with zero attached hydrogens (tertiary/aromatic N) is 1. The number of pyridine rings is 1. The van der Waals surface area contributed by atoms with E-state index in [9.17, 15) is 13.2 Å². The van der Waals surface area contributed by atoms with Gasteiger partial charge < -0.3 is 10.6 Å². The van der Waals surface area contributed by atoms with Crippen LogP contribution >= 0.6 is 0 Å². The topological polar surface area (TPSA) is 37.0 Å². The van der Waals surface area contributed by atoms with Crippen molar-refractivity contribution in [1.82, 2.24) is 4.98 Å². The van der Waals surface area contributed by atoms with Gasteiger partial charge in [-0.05, 0) is 38.8 Å². The molecule has 0 atom stereocenters. The Kier molecular flexibility index (Phi) is 5.25. The second kappa shape index (κ2) is 6.33. The van der Waals surface area contributed by atoms with E-state index in [-0.39, 0.29) is 17.2 Å². The van der Waals surface area contributed by atoms with Crippen LogP contribution in [0.2, 0.25) is 0 Å². The molecule has 0 aliphatic rings. The molecule has 1 heterocycles. The lowest BCUT2D eigenvalue weighted by molar-refractivity contribution is -0.137. The van der Waals surface area contributed by atoms with Crippen molar-refractivity contribution in [2.45, 2.75) is 52.3 Å². The Morgan fingerprint density at radius 2 is 1.60 bits per heavy atom. The number of aromatic nitrogens is 1. The van der Waals surface area contributed by atoms with Crippen molar-refractivity contribution in [2.24, 2.45) is 0 Å². The normalized spacial score (nSPS) is 12.3. The van der Waals surface area contributed by atoms with Crippen molar-refractivity contribution >= 4 is 11.6 Å². The van der Waals surface area contributed by atoms with Crippen LogP contribution in [0, 0.1) is 0 Å². The Labute approximate surface area is 118 Å². The summed E-state index contributed by atoms with van der Waals surface area (Å²) in [4.78, 5) is 4.20. The van der Waals surface area contributed by atoms with Gasteiger partial charge >= 0.3 is 6.18 Å². The highest BCUT2D eigenvalue weighted by molar-refractivity contribution is 5.50. The summed E-state index contributed by atoms with van der Waals surface area (Å²) in [5.74, 6) is 0.487. The zero-order chi connectivity index (χ0) is 15.4. The van der Waals surface area contributed by atoms with Crippen molar-refractivity contribution in [3.05, 3.63) is 17.7 Å². The molecule has 6 heteroatoms. The fraction of sp³-hybridized carbons (Fsp3) is 0.643. The van der Waals surface area contributed by atoms with Crippen LogP contribution in [0.5, 0.6) is 0 Å². The molecular formula is C14H22F3N3. The molecular weight excluding hydrogens is 267 g/mol. The first kappa shape index (κ1) is 16.6. The van der Waals surface area contributed by atoms with Crippen LogP contribution < -0.4 is 10.6 Å². The standard InChI is InChI=1S/C14H22F3N3/c1-5-13(4,6-2)20-12-9-10(14(15,16)17)8-11(19-12)18-7-3/h8-9H,5-7H2,1-4H3,(H2,18,19,20). The first-order valence-electron chi connectivity index (χ1n) is 6.85. The summed E-state index contributed by atoms with van der Waals surface area (Å²) in [7, 11) is 0. The van der Waals surface area contributed by atoms with E-state index in [1.807, 2.05) is 27.7 Å². The summed E-state index contributed by atoms with van der Waals surface area (Å²) in [6.45, 7) is 8.30. The molecule has 0 bridgehead atoms. The van der Waals surface area contributed by atoms with E-state index >= 15 is 0 Å². The number of hydrogen-bond donors (Lipinski definition) is 2. The fourth-order valence-electron chi connectivity index (χ4n) is 1.77. The van der Waals surface area contributed by atoms with Gasteiger partial charge in [0.05, 0.1) is 5.56 Å². The number of rotatable bonds is 6. The predicted octanol–water partition coefficient (Wildman–Crippen LogP) is 4.52. The summed E-state index contributed by atoms with van der Waals surface area (Å²) in [5, 5.41) is 5.95. The fourth-order valence-corrected chi connectivity index (χ4v) is 1.77. The summed E-state index contributed by atoms with van der Waals surface area (Å²) >= 11 is 0. The molecule has 20 heavy (non-hydrogen) atoms. The summed E-state index contributed by atoms with van der Waals surface area (Å²) < 4.78 is 38.7. The van der Waals surface area contributed by atoms with Crippen molar-refractivity contribution in [1.29, 1.82) is 0 Å². The van der Waals surface area contributed by atoms with Gasteiger partial charge in [0.1, 0.15) is 11.6 Å². The SMILES string of the molecule is CCNc1cc(C(F)(F)F)cc(NC(C)(CC)CC)n1. The van der Waals surface area contributed by atoms with E-state index in [1.54, 1.807) is 0 Å². The highest BCUT2D eigenvalue weighted by Gasteiger charge is 2.32. The first-order valence-corrected chi connectivity index (χ1v) is 6.85. The van der Waals surface area contributed by atoms with Crippen molar-refractivity contribution in [3.63, 3.8) is 0 Å². The summed E-state index contributed by atoms with van der Waals surface area (Å²) in [5.41, 5.74) is -0.957. The molecule has 1 aromatic heterocycles. The third-order valence-electron chi connectivity index (χ3n) is 3.50. The number of hydrogen-bond acceptors (Lipinski definition) is 3. The van der Waals surface area contributed by atoms with Crippen molar-refractivity contribution in [2.75, 3.05) is 17.2 Å². The number of anilines is 2. The second-order valence-electron chi connectivity index (χ2n) is 5.05. The molecule has 3 nitrogen and oxygen atoms in total. The van der Waals surface area contributed by atoms with Crippen molar-refractivity contribution < 1.29 is 13.2 Å². The molecule has 0 saturated heterocycles. The van der Waals surface area contributed by atoms with Gasteiger partial charge in [-0.1, -0.05) is 13.8 Å². The number of alkyl halides is 3. The first-order chi connectivity index (χ1) is 9.24. The molecule has 0 spiro atoms. The van der Waals surface area contributed by atoms with E-state index in [0.29, 0.717) is 6.54 Å². The lowest BCUT2D eigenvalue weighted by Crippen LogP contribution is -2.33. The summed E-state index contributed by atoms with van der Waals surface area (Å²) in [6.07, 6.45) is -2.77. The van der Waals surface area contributed by atoms with Crippen LogP contribution in [0.4, 0.5) is 24.8 Å². The molecule has 0 amide bonds. The average molecular weight is 289 g/mol. The predicted molar refractivity (Wildman–Crippen MR) is 76.0 cm³/mol. The molecule has 0 fully saturated rings. The third-order valence-corrected chi connectivity index (χ3v) is 3.50. The minimum Gasteiger partial charge on any atom is -0.370 e. The quantitative estimate of drug-likeness (QED) is 0.808. The molecule has 0 aliphatic heterocycles. The zero-order valence-electron chi connectivity index (χ0n) is 12.4. The van der Waals surface area contributed by atoms with Crippen LogP contribution in [-0.2, 0) is 6.18 Å². The van der Waals surface area contributed by atoms with Crippen LogP contribution in [0.15, 0.2) is 12.1 Å². The van der Waals surface area contributed by atoms with Gasteiger partial charge in [0.2, 0.25) is 0 Å². The molecule has 0 saturated carbocycles. The van der Waals surface area contributed by atoms with Gasteiger partial charge in [-0.15, -0.1) is 0 Å². The van der Waals surface area contributed by atoms with Gasteiger partial charge in [0.15, 0.2) is 0 Å². The van der Waals surface area contributed by atoms with E-state index < -0.39 is 11.7 Å². The monoisotopic (exact) mass is 289 g/mol. The maximum absolute atomic E-state index is 12.9. The summed E-state index contributed by atoms with van der Waals surface area (Å²) in [6, 6.07) is 2.09. The van der Waals surface area contributed by atoms with Gasteiger partial charge in [-0.3, -0.25) is 0 Å². The molecule has 0 radical (unpaired) electrons. The van der Waals surface area contributed by atoms with Crippen LogP contribution in [0.25, 0.3) is 0 Å². The van der Waals surface area contributed by atoms with Gasteiger partial charge in [0, 0.05) is 12.1 Å². The highest BCUT2D eigenvalue weighted by atomic mass is 19.4. The zero-order valence-corrected chi connectivity index (χ0v) is 12.4. The molecule has 1 rings (SSSR count). The van der Waals surface area contributed by atoms with Crippen LogP contribution in [0.3, 0.4) is 0 Å². The second-order valence-corrected chi connectivity index (χ2v) is 5.05. The lowest BCUT2D eigenvalue weighted by atomic mass is 9.95. The number of nitrogens with one attached hydrogen (secondary N) is 2. The smallest absolute Gasteiger partial charge is 0.370 e. The van der Waals surface area contributed by atoms with Gasteiger partial charge in [-0.2, -0.15) is 13.2 Å². The molecule has 0 aromatic carbocycles. The molecule has 1 aromatic rings. The number of halogens is 3. The Balaban J connectivity index is 3.15. The molecule has 0 unspecified atom stereocenters. The Hall–Kier alpha value is -1.46. The van der Waals surface area contributed by atoms with E-state index in [2.05, 4.69) is 15.6 Å². The maximum Gasteiger partial charge on any atom is 0.416 e. The third kappa shape index (κ3) is 4.28. The minimum atomic E-state index is -4.38. The largest absolute Gasteiger partial charge is 0.416 e. The maximum atomic E-state index is 12.9. The molecule has 114 valence electrons. The highest BCUT2D eigenvalue weighted by Crippen LogP contribution is 2.33. The Morgan fingerprint density at radius 3 is 2.05 bits per heavy atom. The van der Waals surface area contributed by atoms with Gasteiger partial charge in [-0.25, -0.2) is 4.98 Å². The minimum absolute atomic E-state index is 0.236. The van der Waals surface area contributed by atoms with Crippen LogP contribution in [0.1, 0.15) is 46.1 Å². The van der Waals surface area contributed by atoms with Gasteiger partial charge in [0.25, 0.3) is 0 Å². The van der Waals surface area contributed by atoms with E-state index in [1.165, 1.54) is 0 Å². The average Bonchev–Trinajstić information content (AvgIpc) is 2.37.